The number of nitrogens with one attached hydrogen (secondary N) is 2. The monoisotopic (exact) mass is 322 g/mol. The maximum atomic E-state index is 13.9. The first-order valence-corrected chi connectivity index (χ1v) is 8.31. The number of benzene rings is 1. The molecule has 0 radical (unpaired) electrons. The topological polar surface area (TPSA) is 50.4 Å². The van der Waals surface area contributed by atoms with Crippen molar-refractivity contribution in [2.75, 3.05) is 10.6 Å². The molecule has 0 bridgehead atoms. The number of amides is 1. The third kappa shape index (κ3) is 5.41. The lowest BCUT2D eigenvalue weighted by atomic mass is 9.86. The van der Waals surface area contributed by atoms with Crippen LogP contribution in [0, 0.1) is 11.7 Å². The summed E-state index contributed by atoms with van der Waals surface area (Å²) in [4.78, 5) is 11.8. The third-order valence-electron chi connectivity index (χ3n) is 4.07. The summed E-state index contributed by atoms with van der Waals surface area (Å²) in [5.74, 6) is 0.120. The van der Waals surface area contributed by atoms with E-state index in [0.717, 1.165) is 12.1 Å². The van der Waals surface area contributed by atoms with E-state index in [1.165, 1.54) is 25.3 Å². The van der Waals surface area contributed by atoms with Gasteiger partial charge in [-0.1, -0.05) is 19.8 Å². The van der Waals surface area contributed by atoms with Gasteiger partial charge in [-0.05, 0) is 57.7 Å². The molecule has 0 heterocycles. The van der Waals surface area contributed by atoms with Crippen LogP contribution in [-0.4, -0.2) is 17.7 Å². The lowest BCUT2D eigenvalue weighted by Gasteiger charge is -2.30. The van der Waals surface area contributed by atoms with Gasteiger partial charge < -0.3 is 10.1 Å². The highest BCUT2D eigenvalue weighted by Gasteiger charge is 2.22. The lowest BCUT2D eigenvalue weighted by Crippen LogP contribution is -2.30. The van der Waals surface area contributed by atoms with E-state index in [2.05, 4.69) is 17.6 Å². The largest absolute Gasteiger partial charge is 0.444 e. The summed E-state index contributed by atoms with van der Waals surface area (Å²) in [5.41, 5.74) is 0.331. The van der Waals surface area contributed by atoms with Crippen LogP contribution in [0.5, 0.6) is 0 Å². The van der Waals surface area contributed by atoms with Crippen LogP contribution in [0.2, 0.25) is 0 Å². The number of carbonyl (C=O) groups excluding carboxylic acids is 1. The second kappa shape index (κ2) is 7.20. The van der Waals surface area contributed by atoms with Crippen molar-refractivity contribution in [1.82, 2.24) is 0 Å². The Balaban J connectivity index is 2.05. The molecule has 1 saturated carbocycles. The van der Waals surface area contributed by atoms with Crippen molar-refractivity contribution in [3.8, 4) is 0 Å². The fourth-order valence-corrected chi connectivity index (χ4v) is 2.87. The van der Waals surface area contributed by atoms with Crippen LogP contribution in [-0.2, 0) is 4.74 Å². The summed E-state index contributed by atoms with van der Waals surface area (Å²) in [7, 11) is 0. The highest BCUT2D eigenvalue weighted by Crippen LogP contribution is 2.28. The highest BCUT2D eigenvalue weighted by atomic mass is 19.1. The normalized spacial score (nSPS) is 21.6. The van der Waals surface area contributed by atoms with E-state index in [1.807, 2.05) is 0 Å². The number of halogens is 1. The van der Waals surface area contributed by atoms with Gasteiger partial charge >= 0.3 is 6.09 Å². The summed E-state index contributed by atoms with van der Waals surface area (Å²) in [5, 5.41) is 5.94. The van der Waals surface area contributed by atoms with Gasteiger partial charge in [0.05, 0.1) is 5.69 Å². The first kappa shape index (κ1) is 17.6. The molecule has 0 aromatic heterocycles. The van der Waals surface area contributed by atoms with Gasteiger partial charge in [0.15, 0.2) is 0 Å². The second-order valence-electron chi connectivity index (χ2n) is 7.33. The second-order valence-corrected chi connectivity index (χ2v) is 7.33. The van der Waals surface area contributed by atoms with Gasteiger partial charge in [0.2, 0.25) is 0 Å². The number of hydrogen-bond acceptors (Lipinski definition) is 3. The van der Waals surface area contributed by atoms with E-state index >= 15 is 0 Å². The predicted molar refractivity (Wildman–Crippen MR) is 91.3 cm³/mol. The number of anilines is 2. The SMILES string of the molecule is CC1CCCCC1Nc1ccc(F)c(NC(=O)OC(C)(C)C)c1. The molecule has 4 nitrogen and oxygen atoms in total. The van der Waals surface area contributed by atoms with E-state index in [4.69, 9.17) is 4.74 Å². The molecule has 5 heteroatoms. The number of rotatable bonds is 3. The summed E-state index contributed by atoms with van der Waals surface area (Å²) in [6, 6.07) is 5.09. The zero-order chi connectivity index (χ0) is 17.0. The molecule has 0 aliphatic heterocycles. The lowest BCUT2D eigenvalue weighted by molar-refractivity contribution is 0.0635. The molecule has 1 aromatic carbocycles. The van der Waals surface area contributed by atoms with Crippen LogP contribution in [0.15, 0.2) is 18.2 Å². The van der Waals surface area contributed by atoms with Gasteiger partial charge in [-0.3, -0.25) is 5.32 Å². The Morgan fingerprint density at radius 2 is 1.96 bits per heavy atom. The summed E-state index contributed by atoms with van der Waals surface area (Å²) in [6.45, 7) is 7.54. The molecule has 0 saturated heterocycles. The Hall–Kier alpha value is -1.78. The van der Waals surface area contributed by atoms with Crippen LogP contribution in [0.25, 0.3) is 0 Å². The zero-order valence-corrected chi connectivity index (χ0v) is 14.4. The Bertz CT molecular complexity index is 554. The minimum atomic E-state index is -0.653. The quantitative estimate of drug-likeness (QED) is 0.808. The van der Waals surface area contributed by atoms with E-state index in [9.17, 15) is 9.18 Å². The smallest absolute Gasteiger partial charge is 0.412 e. The molecule has 2 unspecified atom stereocenters. The van der Waals surface area contributed by atoms with Crippen LogP contribution in [0.4, 0.5) is 20.6 Å². The number of ether oxygens (including phenoxy) is 1. The molecule has 128 valence electrons. The number of hydrogen-bond donors (Lipinski definition) is 2. The Morgan fingerprint density at radius 1 is 1.26 bits per heavy atom. The predicted octanol–water partition coefficient (Wildman–Crippen LogP) is 5.16. The van der Waals surface area contributed by atoms with Crippen LogP contribution >= 0.6 is 0 Å². The average molecular weight is 322 g/mol. The van der Waals surface area contributed by atoms with E-state index in [-0.39, 0.29) is 5.69 Å². The summed E-state index contributed by atoms with van der Waals surface area (Å²) >= 11 is 0. The van der Waals surface area contributed by atoms with E-state index in [0.29, 0.717) is 12.0 Å². The molecule has 23 heavy (non-hydrogen) atoms. The van der Waals surface area contributed by atoms with Crippen LogP contribution in [0.1, 0.15) is 53.4 Å². The van der Waals surface area contributed by atoms with Crippen molar-refractivity contribution in [1.29, 1.82) is 0 Å². The maximum Gasteiger partial charge on any atom is 0.412 e. The molecule has 1 fully saturated rings. The Labute approximate surface area is 137 Å². The zero-order valence-electron chi connectivity index (χ0n) is 14.4. The van der Waals surface area contributed by atoms with Gasteiger partial charge in [-0.15, -0.1) is 0 Å². The minimum Gasteiger partial charge on any atom is -0.444 e. The van der Waals surface area contributed by atoms with Gasteiger partial charge in [-0.25, -0.2) is 9.18 Å². The Kier molecular flexibility index (Phi) is 5.50. The average Bonchev–Trinajstić information content (AvgIpc) is 2.43. The maximum absolute atomic E-state index is 13.9. The van der Waals surface area contributed by atoms with Crippen molar-refractivity contribution < 1.29 is 13.9 Å². The molecular formula is C18H27FN2O2. The molecule has 2 N–H and O–H groups in total. The van der Waals surface area contributed by atoms with Crippen molar-refractivity contribution in [3.63, 3.8) is 0 Å². The first-order valence-electron chi connectivity index (χ1n) is 8.31. The summed E-state index contributed by atoms with van der Waals surface area (Å²) in [6.07, 6.45) is 4.16. The molecule has 1 amide bonds. The van der Waals surface area contributed by atoms with Crippen molar-refractivity contribution in [2.45, 2.75) is 65.0 Å². The van der Waals surface area contributed by atoms with Gasteiger partial charge in [-0.2, -0.15) is 0 Å². The van der Waals surface area contributed by atoms with Gasteiger partial charge in [0.25, 0.3) is 0 Å². The molecule has 1 aliphatic rings. The fourth-order valence-electron chi connectivity index (χ4n) is 2.87. The van der Waals surface area contributed by atoms with Crippen molar-refractivity contribution in [2.24, 2.45) is 5.92 Å². The third-order valence-corrected chi connectivity index (χ3v) is 4.07. The molecular weight excluding hydrogens is 295 g/mol. The molecule has 2 rings (SSSR count). The minimum absolute atomic E-state index is 0.132. The highest BCUT2D eigenvalue weighted by molar-refractivity contribution is 5.85. The van der Waals surface area contributed by atoms with Crippen LogP contribution < -0.4 is 10.6 Å². The standard InChI is InChI=1S/C18H27FN2O2/c1-12-7-5-6-8-15(12)20-13-9-10-14(19)16(11-13)21-17(22)23-18(2,3)4/h9-12,15,20H,5-8H2,1-4H3,(H,21,22). The molecule has 1 aromatic rings. The number of carbonyl (C=O) groups is 1. The van der Waals surface area contributed by atoms with Gasteiger partial charge in [0.1, 0.15) is 11.4 Å². The Morgan fingerprint density at radius 3 is 2.61 bits per heavy atom. The first-order chi connectivity index (χ1) is 10.7. The summed E-state index contributed by atoms with van der Waals surface area (Å²) < 4.78 is 19.1. The van der Waals surface area contributed by atoms with Crippen molar-refractivity contribution in [3.05, 3.63) is 24.0 Å². The molecule has 0 spiro atoms. The molecule has 2 atom stereocenters. The fraction of sp³-hybridized carbons (Fsp3) is 0.611. The van der Waals surface area contributed by atoms with Crippen molar-refractivity contribution >= 4 is 17.5 Å². The van der Waals surface area contributed by atoms with Gasteiger partial charge in [0, 0.05) is 11.7 Å². The molecule has 1 aliphatic carbocycles. The van der Waals surface area contributed by atoms with E-state index < -0.39 is 17.5 Å². The van der Waals surface area contributed by atoms with Crippen LogP contribution in [0.3, 0.4) is 0 Å². The van der Waals surface area contributed by atoms with E-state index in [1.54, 1.807) is 32.9 Å².